The minimum atomic E-state index is 0.242. The van der Waals surface area contributed by atoms with E-state index in [1.807, 2.05) is 11.9 Å². The molecule has 1 aliphatic rings. The summed E-state index contributed by atoms with van der Waals surface area (Å²) in [6, 6.07) is 0. The summed E-state index contributed by atoms with van der Waals surface area (Å²) < 4.78 is 0. The van der Waals surface area contributed by atoms with E-state index in [1.54, 1.807) is 0 Å². The van der Waals surface area contributed by atoms with E-state index in [0.29, 0.717) is 18.9 Å². The zero-order valence-corrected chi connectivity index (χ0v) is 8.49. The van der Waals surface area contributed by atoms with E-state index in [2.05, 4.69) is 11.9 Å². The van der Waals surface area contributed by atoms with Gasteiger partial charge in [0.2, 0.25) is 5.91 Å². The minimum absolute atomic E-state index is 0.242. The van der Waals surface area contributed by atoms with Crippen molar-refractivity contribution in [2.24, 2.45) is 11.7 Å². The molecule has 0 aromatic heterocycles. The molecular formula is C9H19N3O. The lowest BCUT2D eigenvalue weighted by atomic mass is 10.2. The zero-order valence-electron chi connectivity index (χ0n) is 8.49. The van der Waals surface area contributed by atoms with Gasteiger partial charge < -0.3 is 5.73 Å². The van der Waals surface area contributed by atoms with Gasteiger partial charge in [0.1, 0.15) is 0 Å². The lowest BCUT2D eigenvalue weighted by Crippen LogP contribution is -2.42. The summed E-state index contributed by atoms with van der Waals surface area (Å²) in [5.41, 5.74) is 5.54. The minimum Gasteiger partial charge on any atom is -0.330 e. The summed E-state index contributed by atoms with van der Waals surface area (Å²) in [6.07, 6.45) is 0.658. The molecule has 13 heavy (non-hydrogen) atoms. The summed E-state index contributed by atoms with van der Waals surface area (Å²) in [6.45, 7) is 7.32. The van der Waals surface area contributed by atoms with Crippen LogP contribution < -0.4 is 5.73 Å². The summed E-state index contributed by atoms with van der Waals surface area (Å²) >= 11 is 0. The average molecular weight is 185 g/mol. The van der Waals surface area contributed by atoms with Crippen molar-refractivity contribution < 1.29 is 4.79 Å². The van der Waals surface area contributed by atoms with Crippen LogP contribution in [-0.2, 0) is 4.79 Å². The van der Waals surface area contributed by atoms with Gasteiger partial charge in [-0.05, 0) is 19.4 Å². The molecule has 0 aromatic rings. The lowest BCUT2D eigenvalue weighted by Gasteiger charge is -2.28. The molecule has 2 N–H and O–H groups in total. The molecule has 1 unspecified atom stereocenters. The van der Waals surface area contributed by atoms with Gasteiger partial charge in [-0.2, -0.15) is 0 Å². The van der Waals surface area contributed by atoms with Crippen LogP contribution >= 0.6 is 0 Å². The van der Waals surface area contributed by atoms with Crippen LogP contribution in [0, 0.1) is 5.92 Å². The van der Waals surface area contributed by atoms with E-state index in [4.69, 9.17) is 5.73 Å². The lowest BCUT2D eigenvalue weighted by molar-refractivity contribution is -0.138. The van der Waals surface area contributed by atoms with Gasteiger partial charge >= 0.3 is 0 Å². The molecule has 0 spiro atoms. The predicted octanol–water partition coefficient (Wildman–Crippen LogP) is 0.0504. The SMILES string of the molecule is CCN1C(=O)CCN1CC(C)CN. The first-order chi connectivity index (χ1) is 6.19. The van der Waals surface area contributed by atoms with Gasteiger partial charge in [-0.25, -0.2) is 5.01 Å². The number of nitrogens with two attached hydrogens (primary N) is 1. The van der Waals surface area contributed by atoms with Gasteiger partial charge in [-0.15, -0.1) is 0 Å². The second kappa shape index (κ2) is 4.58. The largest absolute Gasteiger partial charge is 0.330 e. The number of nitrogens with zero attached hydrogens (tertiary/aromatic N) is 2. The highest BCUT2D eigenvalue weighted by Gasteiger charge is 2.27. The first kappa shape index (κ1) is 10.5. The highest BCUT2D eigenvalue weighted by atomic mass is 16.2. The van der Waals surface area contributed by atoms with Crippen LogP contribution in [-0.4, -0.2) is 42.1 Å². The van der Waals surface area contributed by atoms with Crippen molar-refractivity contribution in [2.75, 3.05) is 26.2 Å². The van der Waals surface area contributed by atoms with Crippen LogP contribution in [0.1, 0.15) is 20.3 Å². The highest BCUT2D eigenvalue weighted by Crippen LogP contribution is 2.13. The van der Waals surface area contributed by atoms with Crippen LogP contribution in [0.3, 0.4) is 0 Å². The Labute approximate surface area is 79.6 Å². The second-order valence-corrected chi connectivity index (χ2v) is 3.61. The van der Waals surface area contributed by atoms with Crippen molar-refractivity contribution in [1.82, 2.24) is 10.0 Å². The fraction of sp³-hybridized carbons (Fsp3) is 0.889. The first-order valence-electron chi connectivity index (χ1n) is 4.94. The van der Waals surface area contributed by atoms with Gasteiger partial charge in [-0.3, -0.25) is 9.80 Å². The summed E-state index contributed by atoms with van der Waals surface area (Å²) in [5.74, 6) is 0.701. The number of hydrazine groups is 1. The van der Waals surface area contributed by atoms with E-state index < -0.39 is 0 Å². The normalized spacial score (nSPS) is 21.2. The molecule has 4 heteroatoms. The Bertz CT molecular complexity index is 184. The fourth-order valence-electron chi connectivity index (χ4n) is 1.63. The van der Waals surface area contributed by atoms with Gasteiger partial charge in [0.05, 0.1) is 0 Å². The van der Waals surface area contributed by atoms with Crippen molar-refractivity contribution >= 4 is 5.91 Å². The summed E-state index contributed by atoms with van der Waals surface area (Å²) in [7, 11) is 0. The van der Waals surface area contributed by atoms with Gasteiger partial charge in [0.15, 0.2) is 0 Å². The predicted molar refractivity (Wildman–Crippen MR) is 51.8 cm³/mol. The maximum Gasteiger partial charge on any atom is 0.238 e. The smallest absolute Gasteiger partial charge is 0.238 e. The molecule has 1 rings (SSSR count). The van der Waals surface area contributed by atoms with Crippen LogP contribution in [0.25, 0.3) is 0 Å². The standard InChI is InChI=1S/C9H19N3O/c1-3-12-9(13)4-5-11(12)7-8(2)6-10/h8H,3-7,10H2,1-2H3. The molecule has 0 aromatic carbocycles. The van der Waals surface area contributed by atoms with Crippen molar-refractivity contribution in [2.45, 2.75) is 20.3 Å². The number of hydrogen-bond acceptors (Lipinski definition) is 3. The van der Waals surface area contributed by atoms with Crippen molar-refractivity contribution in [3.63, 3.8) is 0 Å². The van der Waals surface area contributed by atoms with E-state index in [-0.39, 0.29) is 5.91 Å². The monoisotopic (exact) mass is 185 g/mol. The Morgan fingerprint density at radius 1 is 1.62 bits per heavy atom. The summed E-state index contributed by atoms with van der Waals surface area (Å²) in [4.78, 5) is 11.3. The maximum atomic E-state index is 11.3. The van der Waals surface area contributed by atoms with E-state index in [0.717, 1.165) is 19.6 Å². The molecule has 0 radical (unpaired) electrons. The first-order valence-corrected chi connectivity index (χ1v) is 4.94. The second-order valence-electron chi connectivity index (χ2n) is 3.61. The topological polar surface area (TPSA) is 49.6 Å². The summed E-state index contributed by atoms with van der Waals surface area (Å²) in [5, 5.41) is 3.94. The van der Waals surface area contributed by atoms with E-state index in [9.17, 15) is 4.79 Å². The molecule has 1 amide bonds. The highest BCUT2D eigenvalue weighted by molar-refractivity contribution is 5.77. The van der Waals surface area contributed by atoms with Gasteiger partial charge in [0.25, 0.3) is 0 Å². The van der Waals surface area contributed by atoms with Crippen LogP contribution in [0.4, 0.5) is 0 Å². The Balaban J connectivity index is 2.45. The van der Waals surface area contributed by atoms with E-state index >= 15 is 0 Å². The quantitative estimate of drug-likeness (QED) is 0.673. The van der Waals surface area contributed by atoms with Crippen molar-refractivity contribution in [1.29, 1.82) is 0 Å². The number of rotatable bonds is 4. The molecule has 76 valence electrons. The van der Waals surface area contributed by atoms with Gasteiger partial charge in [0, 0.05) is 26.1 Å². The Kier molecular flexibility index (Phi) is 3.69. The molecule has 0 saturated carbocycles. The fourth-order valence-corrected chi connectivity index (χ4v) is 1.63. The third-order valence-corrected chi connectivity index (χ3v) is 2.44. The number of carbonyl (C=O) groups is 1. The molecule has 1 atom stereocenters. The van der Waals surface area contributed by atoms with Crippen molar-refractivity contribution in [3.05, 3.63) is 0 Å². The molecular weight excluding hydrogens is 166 g/mol. The molecule has 0 bridgehead atoms. The molecule has 4 nitrogen and oxygen atoms in total. The average Bonchev–Trinajstić information content (AvgIpc) is 2.46. The van der Waals surface area contributed by atoms with Gasteiger partial charge in [-0.1, -0.05) is 6.92 Å². The van der Waals surface area contributed by atoms with E-state index in [1.165, 1.54) is 0 Å². The Morgan fingerprint density at radius 2 is 2.31 bits per heavy atom. The maximum absolute atomic E-state index is 11.3. The molecule has 1 fully saturated rings. The number of hydrogen-bond donors (Lipinski definition) is 1. The third-order valence-electron chi connectivity index (χ3n) is 2.44. The molecule has 1 saturated heterocycles. The molecule has 1 aliphatic heterocycles. The van der Waals surface area contributed by atoms with Crippen molar-refractivity contribution in [3.8, 4) is 0 Å². The third kappa shape index (κ3) is 2.42. The number of carbonyl (C=O) groups excluding carboxylic acids is 1. The molecule has 0 aliphatic carbocycles. The Morgan fingerprint density at radius 3 is 2.85 bits per heavy atom. The van der Waals surface area contributed by atoms with Crippen LogP contribution in [0.5, 0.6) is 0 Å². The Hall–Kier alpha value is -0.610. The molecule has 1 heterocycles. The van der Waals surface area contributed by atoms with Crippen LogP contribution in [0.15, 0.2) is 0 Å². The number of amides is 1. The van der Waals surface area contributed by atoms with Crippen LogP contribution in [0.2, 0.25) is 0 Å². The zero-order chi connectivity index (χ0) is 9.84.